The van der Waals surface area contributed by atoms with Crippen molar-refractivity contribution >= 4 is 11.9 Å². The van der Waals surface area contributed by atoms with E-state index >= 15 is 0 Å². The van der Waals surface area contributed by atoms with E-state index in [9.17, 15) is 14.7 Å². The highest BCUT2D eigenvalue weighted by atomic mass is 16.4. The highest BCUT2D eigenvalue weighted by Gasteiger charge is 2.41. The van der Waals surface area contributed by atoms with E-state index in [-0.39, 0.29) is 5.91 Å². The van der Waals surface area contributed by atoms with Crippen molar-refractivity contribution in [3.63, 3.8) is 0 Å². The van der Waals surface area contributed by atoms with Crippen LogP contribution in [0.15, 0.2) is 0 Å². The monoisotopic (exact) mass is 295 g/mol. The molecule has 1 amide bonds. The van der Waals surface area contributed by atoms with Crippen molar-refractivity contribution in [2.75, 3.05) is 13.1 Å². The van der Waals surface area contributed by atoms with Gasteiger partial charge in [0.15, 0.2) is 0 Å². The van der Waals surface area contributed by atoms with Crippen LogP contribution in [0, 0.1) is 11.3 Å². The van der Waals surface area contributed by atoms with Crippen molar-refractivity contribution in [1.29, 1.82) is 0 Å². The summed E-state index contributed by atoms with van der Waals surface area (Å²) in [6.07, 6.45) is 9.73. The lowest BCUT2D eigenvalue weighted by Crippen LogP contribution is -2.46. The molecule has 4 nitrogen and oxygen atoms in total. The van der Waals surface area contributed by atoms with Gasteiger partial charge in [-0.3, -0.25) is 9.59 Å². The number of amides is 1. The van der Waals surface area contributed by atoms with Crippen molar-refractivity contribution in [1.82, 2.24) is 4.90 Å². The predicted octanol–water partition coefficient (Wildman–Crippen LogP) is 3.45. The van der Waals surface area contributed by atoms with Gasteiger partial charge in [-0.2, -0.15) is 0 Å². The van der Waals surface area contributed by atoms with Gasteiger partial charge in [-0.1, -0.05) is 39.0 Å². The van der Waals surface area contributed by atoms with Crippen LogP contribution >= 0.6 is 0 Å². The molecule has 0 unspecified atom stereocenters. The molecule has 2 aliphatic rings. The number of nitrogens with zero attached hydrogens (tertiary/aromatic N) is 1. The lowest BCUT2D eigenvalue weighted by atomic mass is 9.75. The van der Waals surface area contributed by atoms with Gasteiger partial charge >= 0.3 is 5.97 Å². The molecule has 2 fully saturated rings. The van der Waals surface area contributed by atoms with E-state index in [4.69, 9.17) is 0 Å². The highest BCUT2D eigenvalue weighted by molar-refractivity contribution is 5.78. The molecule has 1 saturated carbocycles. The summed E-state index contributed by atoms with van der Waals surface area (Å²) >= 11 is 0. The standard InChI is InChI=1S/C17H29NO3/c1-2-9-17(16(20)21)10-12-18(13-11-17)15(19)8-7-14-5-3-4-6-14/h14H,2-13H2,1H3,(H,20,21). The predicted molar refractivity (Wildman–Crippen MR) is 82.0 cm³/mol. The first-order chi connectivity index (χ1) is 10.1. The Kier molecular flexibility index (Phi) is 5.65. The second-order valence-electron chi connectivity index (χ2n) is 6.91. The van der Waals surface area contributed by atoms with Crippen molar-refractivity contribution in [2.24, 2.45) is 11.3 Å². The zero-order valence-electron chi connectivity index (χ0n) is 13.3. The van der Waals surface area contributed by atoms with Crippen LogP contribution in [0.25, 0.3) is 0 Å². The van der Waals surface area contributed by atoms with Crippen LogP contribution in [-0.2, 0) is 9.59 Å². The number of aliphatic carboxylic acids is 1. The van der Waals surface area contributed by atoms with Gasteiger partial charge in [0.25, 0.3) is 0 Å². The minimum Gasteiger partial charge on any atom is -0.481 e. The van der Waals surface area contributed by atoms with E-state index in [0.717, 1.165) is 25.2 Å². The molecule has 1 heterocycles. The Labute approximate surface area is 127 Å². The smallest absolute Gasteiger partial charge is 0.309 e. The van der Waals surface area contributed by atoms with Gasteiger partial charge in [0.1, 0.15) is 0 Å². The second-order valence-corrected chi connectivity index (χ2v) is 6.91. The molecule has 1 saturated heterocycles. The molecule has 21 heavy (non-hydrogen) atoms. The van der Waals surface area contributed by atoms with Crippen LogP contribution in [0.3, 0.4) is 0 Å². The second kappa shape index (κ2) is 7.28. The first-order valence-electron chi connectivity index (χ1n) is 8.58. The fourth-order valence-electron chi connectivity index (χ4n) is 4.02. The Morgan fingerprint density at radius 3 is 2.33 bits per heavy atom. The van der Waals surface area contributed by atoms with Gasteiger partial charge in [-0.25, -0.2) is 0 Å². The Bertz CT molecular complexity index is 366. The van der Waals surface area contributed by atoms with Crippen molar-refractivity contribution < 1.29 is 14.7 Å². The van der Waals surface area contributed by atoms with E-state index in [0.29, 0.717) is 32.4 Å². The Morgan fingerprint density at radius 1 is 1.19 bits per heavy atom. The lowest BCUT2D eigenvalue weighted by Gasteiger charge is -2.39. The van der Waals surface area contributed by atoms with Gasteiger partial charge in [0.2, 0.25) is 5.91 Å². The van der Waals surface area contributed by atoms with Gasteiger partial charge in [-0.15, -0.1) is 0 Å². The highest BCUT2D eigenvalue weighted by Crippen LogP contribution is 2.37. The van der Waals surface area contributed by atoms with E-state index in [1.807, 2.05) is 11.8 Å². The molecule has 4 heteroatoms. The van der Waals surface area contributed by atoms with E-state index < -0.39 is 11.4 Å². The molecule has 0 bridgehead atoms. The third-order valence-electron chi connectivity index (χ3n) is 5.50. The molecule has 0 atom stereocenters. The maximum atomic E-state index is 12.3. The third-order valence-corrected chi connectivity index (χ3v) is 5.50. The summed E-state index contributed by atoms with van der Waals surface area (Å²) in [6.45, 7) is 3.27. The first-order valence-corrected chi connectivity index (χ1v) is 8.58. The fourth-order valence-corrected chi connectivity index (χ4v) is 4.02. The topological polar surface area (TPSA) is 57.6 Å². The molecule has 0 spiro atoms. The number of carbonyl (C=O) groups excluding carboxylic acids is 1. The molecule has 0 aromatic carbocycles. The molecular weight excluding hydrogens is 266 g/mol. The van der Waals surface area contributed by atoms with Crippen LogP contribution in [0.2, 0.25) is 0 Å². The quantitative estimate of drug-likeness (QED) is 0.816. The van der Waals surface area contributed by atoms with Crippen LogP contribution in [-0.4, -0.2) is 35.0 Å². The molecule has 1 aliphatic carbocycles. The van der Waals surface area contributed by atoms with Gasteiger partial charge in [0.05, 0.1) is 5.41 Å². The molecular formula is C17H29NO3. The normalized spacial score (nSPS) is 22.4. The zero-order chi connectivity index (χ0) is 15.3. The molecule has 120 valence electrons. The number of carboxylic acid groups (broad SMARTS) is 1. The number of rotatable bonds is 6. The summed E-state index contributed by atoms with van der Waals surface area (Å²) in [7, 11) is 0. The molecule has 1 N–H and O–H groups in total. The zero-order valence-corrected chi connectivity index (χ0v) is 13.3. The molecule has 0 aromatic heterocycles. The largest absolute Gasteiger partial charge is 0.481 e. The van der Waals surface area contributed by atoms with Crippen molar-refractivity contribution in [3.05, 3.63) is 0 Å². The summed E-state index contributed by atoms with van der Waals surface area (Å²) in [5, 5.41) is 9.49. The van der Waals surface area contributed by atoms with E-state index in [2.05, 4.69) is 0 Å². The van der Waals surface area contributed by atoms with Gasteiger partial charge in [-0.05, 0) is 31.6 Å². The van der Waals surface area contributed by atoms with Gasteiger partial charge in [0, 0.05) is 19.5 Å². The first kappa shape index (κ1) is 16.3. The minimum atomic E-state index is -0.678. The molecule has 1 aliphatic heterocycles. The summed E-state index contributed by atoms with van der Waals surface area (Å²) in [4.78, 5) is 25.7. The van der Waals surface area contributed by atoms with Crippen LogP contribution < -0.4 is 0 Å². The van der Waals surface area contributed by atoms with Gasteiger partial charge < -0.3 is 10.0 Å². The van der Waals surface area contributed by atoms with E-state index in [1.54, 1.807) is 0 Å². The molecule has 2 rings (SSSR count). The fraction of sp³-hybridized carbons (Fsp3) is 0.882. The number of hydrogen-bond donors (Lipinski definition) is 1. The van der Waals surface area contributed by atoms with Crippen molar-refractivity contribution in [2.45, 2.75) is 71.1 Å². The van der Waals surface area contributed by atoms with E-state index in [1.165, 1.54) is 25.7 Å². The SMILES string of the molecule is CCCC1(C(=O)O)CCN(C(=O)CCC2CCCC2)CC1. The molecule has 0 radical (unpaired) electrons. The maximum absolute atomic E-state index is 12.3. The maximum Gasteiger partial charge on any atom is 0.309 e. The number of likely N-dealkylation sites (tertiary alicyclic amines) is 1. The number of carbonyl (C=O) groups is 2. The van der Waals surface area contributed by atoms with Crippen LogP contribution in [0.4, 0.5) is 0 Å². The van der Waals surface area contributed by atoms with Crippen LogP contribution in [0.1, 0.15) is 71.1 Å². The summed E-state index contributed by atoms with van der Waals surface area (Å²) in [5.41, 5.74) is -0.586. The number of carboxylic acids is 1. The average molecular weight is 295 g/mol. The van der Waals surface area contributed by atoms with Crippen LogP contribution in [0.5, 0.6) is 0 Å². The Hall–Kier alpha value is -1.06. The third kappa shape index (κ3) is 3.98. The molecule has 0 aromatic rings. The summed E-state index contributed by atoms with van der Waals surface area (Å²) < 4.78 is 0. The average Bonchev–Trinajstić information content (AvgIpc) is 2.99. The number of hydrogen-bond acceptors (Lipinski definition) is 2. The minimum absolute atomic E-state index is 0.234. The lowest BCUT2D eigenvalue weighted by molar-refractivity contribution is -0.155. The Balaban J connectivity index is 1.79. The number of piperidine rings is 1. The summed E-state index contributed by atoms with van der Waals surface area (Å²) in [5.74, 6) is 0.303. The Morgan fingerprint density at radius 2 is 1.81 bits per heavy atom. The summed E-state index contributed by atoms with van der Waals surface area (Å²) in [6, 6.07) is 0. The van der Waals surface area contributed by atoms with Crippen molar-refractivity contribution in [3.8, 4) is 0 Å².